The van der Waals surface area contributed by atoms with Gasteiger partial charge in [-0.2, -0.15) is 0 Å². The molecule has 1 nitrogen and oxygen atoms in total. The Morgan fingerprint density at radius 3 is 3.12 bits per heavy atom. The summed E-state index contributed by atoms with van der Waals surface area (Å²) in [7, 11) is 0. The van der Waals surface area contributed by atoms with Crippen molar-refractivity contribution in [1.29, 1.82) is 0 Å². The lowest BCUT2D eigenvalue weighted by Gasteiger charge is -2.09. The van der Waals surface area contributed by atoms with E-state index in [9.17, 15) is 0 Å². The van der Waals surface area contributed by atoms with Gasteiger partial charge in [-0.15, -0.1) is 11.8 Å². The van der Waals surface area contributed by atoms with Crippen LogP contribution in [-0.4, -0.2) is 18.3 Å². The van der Waals surface area contributed by atoms with Gasteiger partial charge in [-0.3, -0.25) is 0 Å². The average molecular weight is 235 g/mol. The van der Waals surface area contributed by atoms with Gasteiger partial charge in [0.2, 0.25) is 0 Å². The van der Waals surface area contributed by atoms with Crippen molar-refractivity contribution in [1.82, 2.24) is 5.32 Å². The first-order valence-corrected chi connectivity index (χ1v) is 7.26. The summed E-state index contributed by atoms with van der Waals surface area (Å²) in [6, 6.07) is 9.60. The SMILES string of the molecule is Cc1cccc(SCCCC2CCCN2)c1. The van der Waals surface area contributed by atoms with Crippen molar-refractivity contribution in [2.75, 3.05) is 12.3 Å². The molecule has 1 unspecified atom stereocenters. The molecular formula is C14H21NS. The standard InChI is InChI=1S/C14H21NS/c1-12-5-2-8-14(11-12)16-10-4-7-13-6-3-9-15-13/h2,5,8,11,13,15H,3-4,6-7,9-10H2,1H3. The van der Waals surface area contributed by atoms with Crippen LogP contribution in [0, 0.1) is 6.92 Å². The number of nitrogens with one attached hydrogen (secondary N) is 1. The molecule has 16 heavy (non-hydrogen) atoms. The van der Waals surface area contributed by atoms with Crippen molar-refractivity contribution in [2.24, 2.45) is 0 Å². The molecule has 0 aromatic heterocycles. The van der Waals surface area contributed by atoms with Crippen molar-refractivity contribution in [2.45, 2.75) is 43.5 Å². The molecule has 1 atom stereocenters. The highest BCUT2D eigenvalue weighted by Gasteiger charge is 2.12. The van der Waals surface area contributed by atoms with E-state index in [2.05, 4.69) is 36.5 Å². The summed E-state index contributed by atoms with van der Waals surface area (Å²) in [5.41, 5.74) is 1.36. The van der Waals surface area contributed by atoms with Crippen LogP contribution in [0.3, 0.4) is 0 Å². The molecule has 1 heterocycles. The van der Waals surface area contributed by atoms with Crippen molar-refractivity contribution in [3.05, 3.63) is 29.8 Å². The van der Waals surface area contributed by atoms with E-state index < -0.39 is 0 Å². The minimum absolute atomic E-state index is 0.804. The molecule has 0 saturated carbocycles. The van der Waals surface area contributed by atoms with Crippen LogP contribution in [-0.2, 0) is 0 Å². The molecule has 0 radical (unpaired) electrons. The third kappa shape index (κ3) is 3.84. The fourth-order valence-electron chi connectivity index (χ4n) is 2.23. The van der Waals surface area contributed by atoms with Gasteiger partial charge in [0.05, 0.1) is 0 Å². The van der Waals surface area contributed by atoms with Gasteiger partial charge in [0.15, 0.2) is 0 Å². The van der Waals surface area contributed by atoms with Crippen LogP contribution >= 0.6 is 11.8 Å². The summed E-state index contributed by atoms with van der Waals surface area (Å²) in [5.74, 6) is 1.25. The third-order valence-corrected chi connectivity index (χ3v) is 4.20. The van der Waals surface area contributed by atoms with Crippen LogP contribution in [0.4, 0.5) is 0 Å². The highest BCUT2D eigenvalue weighted by molar-refractivity contribution is 7.99. The zero-order valence-electron chi connectivity index (χ0n) is 10.0. The predicted octanol–water partition coefficient (Wildman–Crippen LogP) is 3.62. The molecule has 2 heteroatoms. The maximum atomic E-state index is 3.56. The second kappa shape index (κ2) is 6.31. The van der Waals surface area contributed by atoms with Gasteiger partial charge in [0, 0.05) is 10.9 Å². The molecule has 0 spiro atoms. The molecule has 1 aromatic carbocycles. The molecule has 1 aromatic rings. The molecule has 0 amide bonds. The summed E-state index contributed by atoms with van der Waals surface area (Å²) in [6.07, 6.45) is 5.43. The van der Waals surface area contributed by atoms with E-state index in [0.717, 1.165) is 6.04 Å². The highest BCUT2D eigenvalue weighted by Crippen LogP contribution is 2.21. The van der Waals surface area contributed by atoms with E-state index in [4.69, 9.17) is 0 Å². The number of hydrogen-bond donors (Lipinski definition) is 1. The van der Waals surface area contributed by atoms with E-state index in [1.807, 2.05) is 11.8 Å². The lowest BCUT2D eigenvalue weighted by Crippen LogP contribution is -2.20. The molecule has 1 fully saturated rings. The number of rotatable bonds is 5. The Morgan fingerprint density at radius 2 is 2.38 bits per heavy atom. The van der Waals surface area contributed by atoms with Gasteiger partial charge in [0.1, 0.15) is 0 Å². The third-order valence-electron chi connectivity index (χ3n) is 3.12. The monoisotopic (exact) mass is 235 g/mol. The highest BCUT2D eigenvalue weighted by atomic mass is 32.2. The largest absolute Gasteiger partial charge is 0.314 e. The lowest BCUT2D eigenvalue weighted by molar-refractivity contribution is 0.553. The molecule has 0 aliphatic carbocycles. The van der Waals surface area contributed by atoms with Crippen LogP contribution < -0.4 is 5.32 Å². The maximum Gasteiger partial charge on any atom is 0.00745 e. The van der Waals surface area contributed by atoms with Crippen LogP contribution in [0.15, 0.2) is 29.2 Å². The zero-order chi connectivity index (χ0) is 11.2. The van der Waals surface area contributed by atoms with Gasteiger partial charge < -0.3 is 5.32 Å². The number of thioether (sulfide) groups is 1. The molecule has 0 bridgehead atoms. The van der Waals surface area contributed by atoms with Crippen molar-refractivity contribution >= 4 is 11.8 Å². The van der Waals surface area contributed by atoms with E-state index >= 15 is 0 Å². The van der Waals surface area contributed by atoms with E-state index in [1.54, 1.807) is 0 Å². The van der Waals surface area contributed by atoms with Gasteiger partial charge in [-0.25, -0.2) is 0 Å². The van der Waals surface area contributed by atoms with E-state index in [-0.39, 0.29) is 0 Å². The number of aryl methyl sites for hydroxylation is 1. The van der Waals surface area contributed by atoms with Gasteiger partial charge in [-0.05, 0) is 57.0 Å². The number of hydrogen-bond acceptors (Lipinski definition) is 2. The van der Waals surface area contributed by atoms with Crippen LogP contribution in [0.2, 0.25) is 0 Å². The summed E-state index contributed by atoms with van der Waals surface area (Å²) < 4.78 is 0. The predicted molar refractivity (Wildman–Crippen MR) is 72.2 cm³/mol. The topological polar surface area (TPSA) is 12.0 Å². The Kier molecular flexibility index (Phi) is 4.73. The summed E-state index contributed by atoms with van der Waals surface area (Å²) in [6.45, 7) is 3.39. The van der Waals surface area contributed by atoms with Crippen molar-refractivity contribution in [3.8, 4) is 0 Å². The van der Waals surface area contributed by atoms with E-state index in [1.165, 1.54) is 48.4 Å². The minimum Gasteiger partial charge on any atom is -0.314 e. The molecule has 88 valence electrons. The second-order valence-electron chi connectivity index (χ2n) is 4.60. The Hall–Kier alpha value is -0.470. The normalized spacial score (nSPS) is 20.2. The quantitative estimate of drug-likeness (QED) is 0.618. The molecule has 2 rings (SSSR count). The molecule has 1 aliphatic rings. The number of benzene rings is 1. The second-order valence-corrected chi connectivity index (χ2v) is 5.77. The van der Waals surface area contributed by atoms with Gasteiger partial charge in [-0.1, -0.05) is 17.7 Å². The first-order valence-electron chi connectivity index (χ1n) is 6.27. The van der Waals surface area contributed by atoms with Crippen molar-refractivity contribution < 1.29 is 0 Å². The molecule has 1 saturated heterocycles. The fourth-order valence-corrected chi connectivity index (χ4v) is 3.22. The van der Waals surface area contributed by atoms with Crippen LogP contribution in [0.25, 0.3) is 0 Å². The summed E-state index contributed by atoms with van der Waals surface area (Å²) in [5, 5.41) is 3.56. The minimum atomic E-state index is 0.804. The fraction of sp³-hybridized carbons (Fsp3) is 0.571. The molecular weight excluding hydrogens is 214 g/mol. The van der Waals surface area contributed by atoms with Crippen LogP contribution in [0.5, 0.6) is 0 Å². The molecule has 1 N–H and O–H groups in total. The Balaban J connectivity index is 1.64. The van der Waals surface area contributed by atoms with E-state index in [0.29, 0.717) is 0 Å². The first-order chi connectivity index (χ1) is 7.84. The van der Waals surface area contributed by atoms with Crippen LogP contribution in [0.1, 0.15) is 31.2 Å². The Morgan fingerprint density at radius 1 is 1.44 bits per heavy atom. The van der Waals surface area contributed by atoms with Gasteiger partial charge in [0.25, 0.3) is 0 Å². The average Bonchev–Trinajstić information content (AvgIpc) is 2.77. The smallest absolute Gasteiger partial charge is 0.00745 e. The van der Waals surface area contributed by atoms with Gasteiger partial charge >= 0.3 is 0 Å². The first kappa shape index (κ1) is 12.0. The zero-order valence-corrected chi connectivity index (χ0v) is 10.9. The molecule has 1 aliphatic heterocycles. The Bertz CT molecular complexity index is 318. The Labute approximate surface area is 103 Å². The summed E-state index contributed by atoms with van der Waals surface area (Å²) in [4.78, 5) is 1.42. The maximum absolute atomic E-state index is 3.56. The lowest BCUT2D eigenvalue weighted by atomic mass is 10.1. The van der Waals surface area contributed by atoms with Crippen molar-refractivity contribution in [3.63, 3.8) is 0 Å². The summed E-state index contributed by atoms with van der Waals surface area (Å²) >= 11 is 1.99.